The van der Waals surface area contributed by atoms with Crippen LogP contribution in [0.2, 0.25) is 5.02 Å². The largest absolute Gasteiger partial charge is 0.366 e. The maximum atomic E-state index is 6.05. The molecule has 17 heavy (non-hydrogen) atoms. The lowest BCUT2D eigenvalue weighted by Crippen LogP contribution is -2.21. The van der Waals surface area contributed by atoms with E-state index in [-0.39, 0.29) is 0 Å². The van der Waals surface area contributed by atoms with E-state index in [0.29, 0.717) is 22.8 Å². The first kappa shape index (κ1) is 12.4. The topological polar surface area (TPSA) is 75.9 Å². The van der Waals surface area contributed by atoms with E-state index in [0.717, 1.165) is 12.3 Å². The number of hydrogen-bond donors (Lipinski definition) is 3. The predicted molar refractivity (Wildman–Crippen MR) is 69.9 cm³/mol. The summed E-state index contributed by atoms with van der Waals surface area (Å²) in [7, 11) is 0. The number of nitrogens with one attached hydrogen (secondary N) is 2. The molecule has 0 saturated heterocycles. The smallest absolute Gasteiger partial charge is 0.239 e. The van der Waals surface area contributed by atoms with Gasteiger partial charge in [-0.1, -0.05) is 31.4 Å². The van der Waals surface area contributed by atoms with Crippen LogP contribution in [-0.4, -0.2) is 16.0 Å². The molecule has 1 aliphatic carbocycles. The highest BCUT2D eigenvalue weighted by atomic mass is 35.5. The summed E-state index contributed by atoms with van der Waals surface area (Å²) in [6.07, 6.45) is 6.50. The van der Waals surface area contributed by atoms with Crippen molar-refractivity contribution in [1.82, 2.24) is 9.97 Å². The van der Waals surface area contributed by atoms with Gasteiger partial charge in [-0.25, -0.2) is 10.8 Å². The minimum absolute atomic E-state index is 0.373. The number of halogens is 1. The van der Waals surface area contributed by atoms with Crippen molar-refractivity contribution in [3.05, 3.63) is 11.2 Å². The summed E-state index contributed by atoms with van der Waals surface area (Å²) < 4.78 is 0. The molecule has 1 heterocycles. The molecule has 94 valence electrons. The number of hydrazine groups is 1. The molecule has 0 radical (unpaired) electrons. The predicted octanol–water partition coefficient (Wildman–Crippen LogP) is 2.41. The highest BCUT2D eigenvalue weighted by Crippen LogP contribution is 2.35. The van der Waals surface area contributed by atoms with Crippen molar-refractivity contribution in [3.63, 3.8) is 0 Å². The summed E-state index contributed by atoms with van der Waals surface area (Å²) >= 11 is 6.05. The van der Waals surface area contributed by atoms with Crippen LogP contribution >= 0.6 is 11.6 Å². The van der Waals surface area contributed by atoms with Gasteiger partial charge in [0, 0.05) is 6.04 Å². The minimum atomic E-state index is 0.373. The molecule has 0 aromatic carbocycles. The summed E-state index contributed by atoms with van der Waals surface area (Å²) in [6.45, 7) is 2.16. The lowest BCUT2D eigenvalue weighted by atomic mass is 10.1. The Hall–Kier alpha value is -1.07. The number of nitrogen functional groups attached to an aromatic ring is 1. The third-order valence-electron chi connectivity index (χ3n) is 3.02. The first-order valence-corrected chi connectivity index (χ1v) is 6.36. The van der Waals surface area contributed by atoms with Crippen LogP contribution in [0.5, 0.6) is 0 Å². The van der Waals surface area contributed by atoms with Crippen LogP contribution < -0.4 is 16.6 Å². The van der Waals surface area contributed by atoms with Gasteiger partial charge >= 0.3 is 0 Å². The van der Waals surface area contributed by atoms with Crippen LogP contribution in [0.25, 0.3) is 0 Å². The summed E-state index contributed by atoms with van der Waals surface area (Å²) in [4.78, 5) is 8.16. The van der Waals surface area contributed by atoms with Gasteiger partial charge in [0.2, 0.25) is 5.95 Å². The number of aromatic nitrogens is 2. The van der Waals surface area contributed by atoms with Gasteiger partial charge in [0.1, 0.15) is 5.02 Å². The number of hydrogen-bond acceptors (Lipinski definition) is 5. The van der Waals surface area contributed by atoms with Gasteiger partial charge in [0.05, 0.1) is 6.20 Å². The van der Waals surface area contributed by atoms with Crippen molar-refractivity contribution in [2.45, 2.75) is 38.6 Å². The van der Waals surface area contributed by atoms with Crippen molar-refractivity contribution in [3.8, 4) is 0 Å². The molecule has 0 aliphatic heterocycles. The van der Waals surface area contributed by atoms with Crippen LogP contribution in [0.4, 0.5) is 11.8 Å². The average Bonchev–Trinajstić information content (AvgIpc) is 3.14. The Morgan fingerprint density at radius 1 is 1.59 bits per heavy atom. The van der Waals surface area contributed by atoms with E-state index >= 15 is 0 Å². The Kier molecular flexibility index (Phi) is 4.02. The third-order valence-corrected chi connectivity index (χ3v) is 3.30. The summed E-state index contributed by atoms with van der Waals surface area (Å²) in [5, 5.41) is 3.89. The molecule has 1 aliphatic rings. The van der Waals surface area contributed by atoms with Gasteiger partial charge in [-0.3, -0.25) is 5.43 Å². The van der Waals surface area contributed by atoms with Crippen molar-refractivity contribution < 1.29 is 0 Å². The molecule has 1 saturated carbocycles. The normalized spacial score (nSPS) is 16.6. The van der Waals surface area contributed by atoms with E-state index in [1.54, 1.807) is 6.20 Å². The lowest BCUT2D eigenvalue weighted by molar-refractivity contribution is 0.585. The Bertz CT molecular complexity index is 380. The van der Waals surface area contributed by atoms with Crippen LogP contribution in [0.3, 0.4) is 0 Å². The molecule has 6 heteroatoms. The van der Waals surface area contributed by atoms with Crippen molar-refractivity contribution >= 4 is 23.4 Å². The van der Waals surface area contributed by atoms with Gasteiger partial charge in [0.25, 0.3) is 0 Å². The minimum Gasteiger partial charge on any atom is -0.366 e. The fourth-order valence-electron chi connectivity index (χ4n) is 1.81. The van der Waals surface area contributed by atoms with E-state index in [1.165, 1.54) is 19.3 Å². The van der Waals surface area contributed by atoms with Crippen LogP contribution in [0.1, 0.15) is 32.6 Å². The van der Waals surface area contributed by atoms with Crippen molar-refractivity contribution in [2.24, 2.45) is 11.8 Å². The molecule has 1 unspecified atom stereocenters. The molecule has 2 rings (SSSR count). The van der Waals surface area contributed by atoms with Crippen LogP contribution in [0, 0.1) is 5.92 Å². The number of nitrogens with zero attached hydrogens (tertiary/aromatic N) is 2. The SMILES string of the molecule is CCC(CC1CC1)Nc1nc(NN)ncc1Cl. The van der Waals surface area contributed by atoms with E-state index in [4.69, 9.17) is 17.4 Å². The second kappa shape index (κ2) is 5.51. The second-order valence-electron chi connectivity index (χ2n) is 4.46. The van der Waals surface area contributed by atoms with E-state index < -0.39 is 0 Å². The van der Waals surface area contributed by atoms with Crippen molar-refractivity contribution in [2.75, 3.05) is 10.7 Å². The fourth-order valence-corrected chi connectivity index (χ4v) is 1.96. The molecule has 1 fully saturated rings. The fraction of sp³-hybridized carbons (Fsp3) is 0.636. The zero-order chi connectivity index (χ0) is 12.3. The number of rotatable bonds is 6. The Morgan fingerprint density at radius 2 is 2.35 bits per heavy atom. The maximum absolute atomic E-state index is 6.05. The first-order valence-electron chi connectivity index (χ1n) is 5.98. The number of nitrogens with two attached hydrogens (primary N) is 1. The molecule has 5 nitrogen and oxygen atoms in total. The van der Waals surface area contributed by atoms with E-state index in [9.17, 15) is 0 Å². The third kappa shape index (κ3) is 3.44. The lowest BCUT2D eigenvalue weighted by Gasteiger charge is -2.18. The molecule has 1 atom stereocenters. The molecular weight excluding hydrogens is 238 g/mol. The molecule has 4 N–H and O–H groups in total. The summed E-state index contributed by atoms with van der Waals surface area (Å²) in [5.41, 5.74) is 2.42. The van der Waals surface area contributed by atoms with E-state index in [1.807, 2.05) is 0 Å². The summed E-state index contributed by atoms with van der Waals surface area (Å²) in [6, 6.07) is 0.417. The van der Waals surface area contributed by atoms with Gasteiger partial charge in [-0.05, 0) is 18.8 Å². The monoisotopic (exact) mass is 255 g/mol. The van der Waals surface area contributed by atoms with Crippen LogP contribution in [-0.2, 0) is 0 Å². The van der Waals surface area contributed by atoms with Gasteiger partial charge in [-0.2, -0.15) is 4.98 Å². The zero-order valence-electron chi connectivity index (χ0n) is 9.91. The zero-order valence-corrected chi connectivity index (χ0v) is 10.7. The maximum Gasteiger partial charge on any atom is 0.239 e. The molecule has 1 aromatic rings. The molecule has 1 aromatic heterocycles. The Labute approximate surface area is 106 Å². The standard InChI is InChI=1S/C11H18ClN5/c1-2-8(5-7-3-4-7)15-10-9(12)6-14-11(16-10)17-13/h6-8H,2-5,13H2,1H3,(H2,14,15,16,17). The molecular formula is C11H18ClN5. The van der Waals surface area contributed by atoms with Gasteiger partial charge < -0.3 is 5.32 Å². The second-order valence-corrected chi connectivity index (χ2v) is 4.87. The Morgan fingerprint density at radius 3 is 2.94 bits per heavy atom. The Balaban J connectivity index is 2.03. The molecule has 0 spiro atoms. The highest BCUT2D eigenvalue weighted by molar-refractivity contribution is 6.32. The highest BCUT2D eigenvalue weighted by Gasteiger charge is 2.25. The van der Waals surface area contributed by atoms with Crippen molar-refractivity contribution in [1.29, 1.82) is 0 Å². The quantitative estimate of drug-likeness (QED) is 0.538. The number of anilines is 2. The average molecular weight is 256 g/mol. The van der Waals surface area contributed by atoms with Gasteiger partial charge in [0.15, 0.2) is 5.82 Å². The molecule has 0 bridgehead atoms. The first-order chi connectivity index (χ1) is 8.22. The van der Waals surface area contributed by atoms with Gasteiger partial charge in [-0.15, -0.1) is 0 Å². The molecule has 0 amide bonds. The van der Waals surface area contributed by atoms with E-state index in [2.05, 4.69) is 27.6 Å². The summed E-state index contributed by atoms with van der Waals surface area (Å²) in [5.74, 6) is 7.18. The van der Waals surface area contributed by atoms with Crippen LogP contribution in [0.15, 0.2) is 6.20 Å².